The third kappa shape index (κ3) is 5.32. The third-order valence-corrected chi connectivity index (χ3v) is 5.98. The van der Waals surface area contributed by atoms with Gasteiger partial charge >= 0.3 is 0 Å². The fourth-order valence-electron chi connectivity index (χ4n) is 3.52. The van der Waals surface area contributed by atoms with Gasteiger partial charge in [0.2, 0.25) is 5.91 Å². The predicted molar refractivity (Wildman–Crippen MR) is 117 cm³/mol. The van der Waals surface area contributed by atoms with E-state index in [0.717, 1.165) is 31.9 Å². The van der Waals surface area contributed by atoms with Crippen molar-refractivity contribution in [3.8, 4) is 0 Å². The van der Waals surface area contributed by atoms with Crippen LogP contribution in [-0.2, 0) is 11.3 Å². The van der Waals surface area contributed by atoms with Gasteiger partial charge in [-0.3, -0.25) is 29.0 Å². The minimum atomic E-state index is -0.472. The van der Waals surface area contributed by atoms with Crippen LogP contribution in [0.4, 0.5) is 11.4 Å². The topological polar surface area (TPSA) is 113 Å². The molecule has 1 fully saturated rings. The summed E-state index contributed by atoms with van der Waals surface area (Å²) in [5.41, 5.74) is 1.26. The average molecular weight is 443 g/mol. The van der Waals surface area contributed by atoms with E-state index < -0.39 is 4.92 Å². The largest absolute Gasteiger partial charge is 0.326 e. The molecule has 1 amide bonds. The molecule has 2 aromatic heterocycles. The molecule has 4 rings (SSSR count). The maximum absolute atomic E-state index is 12.2. The van der Waals surface area contributed by atoms with Crippen LogP contribution in [0.3, 0.4) is 0 Å². The molecule has 1 saturated heterocycles. The Balaban J connectivity index is 1.21. The molecule has 3 heterocycles. The Hall–Kier alpha value is -3.15. The predicted octanol–water partition coefficient (Wildman–Crippen LogP) is 1.81. The van der Waals surface area contributed by atoms with Gasteiger partial charge in [-0.1, -0.05) is 0 Å². The smallest absolute Gasteiger partial charge is 0.269 e. The Morgan fingerprint density at radius 3 is 2.58 bits per heavy atom. The molecule has 0 atom stereocenters. The van der Waals surface area contributed by atoms with Crippen LogP contribution in [0.2, 0.25) is 0 Å². The van der Waals surface area contributed by atoms with Crippen molar-refractivity contribution in [3.05, 3.63) is 68.1 Å². The number of benzene rings is 1. The first-order chi connectivity index (χ1) is 15.0. The zero-order valence-corrected chi connectivity index (χ0v) is 17.6. The van der Waals surface area contributed by atoms with Gasteiger partial charge in [0, 0.05) is 81.2 Å². The first kappa shape index (κ1) is 21.1. The first-order valence-corrected chi connectivity index (χ1v) is 10.8. The normalized spacial score (nSPS) is 15.2. The van der Waals surface area contributed by atoms with E-state index >= 15 is 0 Å². The number of nitrogens with zero attached hydrogens (tertiary/aromatic N) is 5. The molecule has 162 valence electrons. The van der Waals surface area contributed by atoms with Crippen molar-refractivity contribution in [2.75, 3.05) is 38.0 Å². The van der Waals surface area contributed by atoms with Crippen LogP contribution in [-0.4, -0.2) is 62.7 Å². The number of fused-ring (bicyclic) bond motifs is 1. The van der Waals surface area contributed by atoms with Gasteiger partial charge in [0.1, 0.15) is 0 Å². The molecule has 1 N–H and O–H groups in total. The summed E-state index contributed by atoms with van der Waals surface area (Å²) in [4.78, 5) is 44.3. The number of non-ortho nitro benzene ring substituents is 1. The van der Waals surface area contributed by atoms with Crippen LogP contribution in [0.25, 0.3) is 4.96 Å². The molecule has 0 bridgehead atoms. The lowest BCUT2D eigenvalue weighted by atomic mass is 10.2. The molecule has 1 aromatic carbocycles. The number of nitro benzene ring substituents is 1. The highest BCUT2D eigenvalue weighted by Crippen LogP contribution is 2.16. The van der Waals surface area contributed by atoms with Crippen molar-refractivity contribution >= 4 is 33.6 Å². The van der Waals surface area contributed by atoms with Gasteiger partial charge in [-0.25, -0.2) is 4.98 Å². The van der Waals surface area contributed by atoms with Crippen LogP contribution in [0, 0.1) is 10.1 Å². The molecule has 3 aromatic rings. The minimum Gasteiger partial charge on any atom is -0.326 e. The maximum atomic E-state index is 12.2. The number of nitrogens with one attached hydrogen (secondary N) is 1. The molecular formula is C20H22N6O4S. The monoisotopic (exact) mass is 442 g/mol. The summed E-state index contributed by atoms with van der Waals surface area (Å²) in [5, 5.41) is 15.3. The Morgan fingerprint density at radius 1 is 1.16 bits per heavy atom. The lowest BCUT2D eigenvalue weighted by Gasteiger charge is -2.34. The van der Waals surface area contributed by atoms with Gasteiger partial charge in [0.05, 0.1) is 10.6 Å². The van der Waals surface area contributed by atoms with E-state index in [2.05, 4.69) is 20.1 Å². The van der Waals surface area contributed by atoms with Crippen molar-refractivity contribution in [2.24, 2.45) is 0 Å². The number of carbonyl (C=O) groups is 1. The Labute approximate surface area is 181 Å². The molecular weight excluding hydrogens is 420 g/mol. The quantitative estimate of drug-likeness (QED) is 0.439. The maximum Gasteiger partial charge on any atom is 0.269 e. The standard InChI is InChI=1S/C20H22N6O4S/c27-18(21-15-1-3-17(4-2-15)26(29)30)5-6-23-7-9-24(10-8-23)14-16-13-19(28)25-11-12-31-20(25)22-16/h1-4,11-13H,5-10,14H2,(H,21,27). The van der Waals surface area contributed by atoms with E-state index in [-0.39, 0.29) is 17.2 Å². The number of anilines is 1. The van der Waals surface area contributed by atoms with E-state index in [9.17, 15) is 19.7 Å². The van der Waals surface area contributed by atoms with Gasteiger partial charge in [-0.15, -0.1) is 11.3 Å². The van der Waals surface area contributed by atoms with E-state index in [1.807, 2.05) is 5.38 Å². The number of amides is 1. The first-order valence-electron chi connectivity index (χ1n) is 9.93. The number of thiazole rings is 1. The molecule has 0 unspecified atom stereocenters. The molecule has 1 aliphatic heterocycles. The second-order valence-electron chi connectivity index (χ2n) is 7.36. The number of carbonyl (C=O) groups excluding carboxylic acids is 1. The third-order valence-electron chi connectivity index (χ3n) is 5.22. The van der Waals surface area contributed by atoms with Gasteiger partial charge in [0.25, 0.3) is 11.2 Å². The van der Waals surface area contributed by atoms with E-state index in [4.69, 9.17) is 0 Å². The van der Waals surface area contributed by atoms with E-state index in [1.54, 1.807) is 16.7 Å². The van der Waals surface area contributed by atoms with Crippen LogP contribution >= 0.6 is 11.3 Å². The molecule has 31 heavy (non-hydrogen) atoms. The highest BCUT2D eigenvalue weighted by molar-refractivity contribution is 7.15. The lowest BCUT2D eigenvalue weighted by molar-refractivity contribution is -0.384. The number of rotatable bonds is 7. The summed E-state index contributed by atoms with van der Waals surface area (Å²) in [7, 11) is 0. The highest BCUT2D eigenvalue weighted by Gasteiger charge is 2.18. The molecule has 0 radical (unpaired) electrons. The van der Waals surface area contributed by atoms with Gasteiger partial charge in [0.15, 0.2) is 4.96 Å². The number of aromatic nitrogens is 2. The molecule has 10 nitrogen and oxygen atoms in total. The van der Waals surface area contributed by atoms with Gasteiger partial charge in [-0.2, -0.15) is 0 Å². The van der Waals surface area contributed by atoms with Crippen LogP contribution in [0.15, 0.2) is 46.7 Å². The van der Waals surface area contributed by atoms with Crippen molar-refractivity contribution in [1.82, 2.24) is 19.2 Å². The lowest BCUT2D eigenvalue weighted by Crippen LogP contribution is -2.46. The van der Waals surface area contributed by atoms with E-state index in [0.29, 0.717) is 30.2 Å². The second kappa shape index (κ2) is 9.33. The molecule has 0 aliphatic carbocycles. The van der Waals surface area contributed by atoms with Crippen LogP contribution < -0.4 is 10.9 Å². The number of hydrogen-bond donors (Lipinski definition) is 1. The zero-order chi connectivity index (χ0) is 21.8. The van der Waals surface area contributed by atoms with Gasteiger partial charge in [-0.05, 0) is 12.1 Å². The Bertz CT molecular complexity index is 1130. The number of piperazine rings is 1. The molecule has 0 spiro atoms. The minimum absolute atomic E-state index is 0.00777. The summed E-state index contributed by atoms with van der Waals surface area (Å²) in [6, 6.07) is 7.39. The number of hydrogen-bond acceptors (Lipinski definition) is 8. The molecule has 1 aliphatic rings. The average Bonchev–Trinajstić information content (AvgIpc) is 3.23. The van der Waals surface area contributed by atoms with Gasteiger partial charge < -0.3 is 10.2 Å². The summed E-state index contributed by atoms with van der Waals surface area (Å²) in [5.74, 6) is -0.120. The summed E-state index contributed by atoms with van der Waals surface area (Å²) in [6.45, 7) is 4.65. The van der Waals surface area contributed by atoms with E-state index in [1.165, 1.54) is 35.6 Å². The fourth-order valence-corrected chi connectivity index (χ4v) is 4.26. The summed E-state index contributed by atoms with van der Waals surface area (Å²) in [6.07, 6.45) is 2.08. The van der Waals surface area contributed by atoms with Crippen molar-refractivity contribution in [2.45, 2.75) is 13.0 Å². The van der Waals surface area contributed by atoms with Crippen LogP contribution in [0.5, 0.6) is 0 Å². The Kier molecular flexibility index (Phi) is 6.35. The summed E-state index contributed by atoms with van der Waals surface area (Å²) < 4.78 is 1.55. The number of nitro groups is 1. The van der Waals surface area contributed by atoms with Crippen molar-refractivity contribution in [1.29, 1.82) is 0 Å². The van der Waals surface area contributed by atoms with Crippen LogP contribution in [0.1, 0.15) is 12.1 Å². The fraction of sp³-hybridized carbons (Fsp3) is 0.350. The zero-order valence-electron chi connectivity index (χ0n) is 16.8. The second-order valence-corrected chi connectivity index (χ2v) is 8.23. The SMILES string of the molecule is O=C(CCN1CCN(Cc2cc(=O)n3ccsc3n2)CC1)Nc1ccc([N+](=O)[O-])cc1. The molecule has 0 saturated carbocycles. The van der Waals surface area contributed by atoms with Crippen molar-refractivity contribution in [3.63, 3.8) is 0 Å². The van der Waals surface area contributed by atoms with Crippen molar-refractivity contribution < 1.29 is 9.72 Å². The Morgan fingerprint density at radius 2 is 1.87 bits per heavy atom. The summed E-state index contributed by atoms with van der Waals surface area (Å²) >= 11 is 1.45. The highest BCUT2D eigenvalue weighted by atomic mass is 32.1. The molecule has 11 heteroatoms.